The van der Waals surface area contributed by atoms with E-state index in [1.165, 1.54) is 0 Å². The van der Waals surface area contributed by atoms with E-state index in [9.17, 15) is 0 Å². The quantitative estimate of drug-likeness (QED) is 0.810. The molecule has 1 aromatic rings. The number of rotatable bonds is 3. The summed E-state index contributed by atoms with van der Waals surface area (Å²) in [5.41, 5.74) is 0.898. The zero-order valence-corrected chi connectivity index (χ0v) is 8.67. The van der Waals surface area contributed by atoms with Crippen molar-refractivity contribution in [2.24, 2.45) is 0 Å². The molecule has 5 heteroatoms. The van der Waals surface area contributed by atoms with Crippen LogP contribution in [0.1, 0.15) is 12.1 Å². The first-order chi connectivity index (χ1) is 6.45. The monoisotopic (exact) mass is 215 g/mol. The third-order valence-electron chi connectivity index (χ3n) is 2.10. The van der Waals surface area contributed by atoms with Crippen LogP contribution in [0.5, 0.6) is 0 Å². The van der Waals surface area contributed by atoms with Gasteiger partial charge < -0.3 is 10.1 Å². The molecule has 14 heavy (non-hydrogen) atoms. The molecular weight excluding hydrogens is 202 g/mol. The summed E-state index contributed by atoms with van der Waals surface area (Å²) in [6.07, 6.45) is 6.54. The van der Waals surface area contributed by atoms with Gasteiger partial charge in [0.05, 0.1) is 24.6 Å². The Balaban J connectivity index is 0.000000980. The highest BCUT2D eigenvalue weighted by Gasteiger charge is 2.14. The van der Waals surface area contributed by atoms with Gasteiger partial charge >= 0.3 is 0 Å². The number of ether oxygens (including phenoxy) is 1. The van der Waals surface area contributed by atoms with Crippen LogP contribution in [0.2, 0.25) is 0 Å². The molecule has 2 heterocycles. The minimum absolute atomic E-state index is 0. The highest BCUT2D eigenvalue weighted by molar-refractivity contribution is 5.85. The van der Waals surface area contributed by atoms with Gasteiger partial charge in [-0.05, 0) is 13.0 Å². The van der Waals surface area contributed by atoms with Crippen LogP contribution in [-0.2, 0) is 11.3 Å². The molecule has 78 valence electrons. The van der Waals surface area contributed by atoms with Gasteiger partial charge in [-0.25, -0.2) is 0 Å². The fraction of sp³-hybridized carbons (Fsp3) is 0.556. The molecular formula is C9H14ClN3O. The van der Waals surface area contributed by atoms with Crippen molar-refractivity contribution in [2.45, 2.75) is 19.1 Å². The van der Waals surface area contributed by atoms with E-state index in [0.29, 0.717) is 12.7 Å². The summed E-state index contributed by atoms with van der Waals surface area (Å²) in [5.74, 6) is 0. The number of nitrogens with zero attached hydrogens (tertiary/aromatic N) is 2. The van der Waals surface area contributed by atoms with Gasteiger partial charge in [0.1, 0.15) is 0 Å². The maximum atomic E-state index is 5.62. The zero-order valence-electron chi connectivity index (χ0n) is 7.85. The SMILES string of the molecule is Cl.c1cnc(CO[C@H]2CCNC2)cn1. The molecule has 1 N–H and O–H groups in total. The van der Waals surface area contributed by atoms with Gasteiger partial charge in [0.2, 0.25) is 0 Å². The Bertz CT molecular complexity index is 251. The van der Waals surface area contributed by atoms with Gasteiger partial charge in [0, 0.05) is 18.9 Å². The van der Waals surface area contributed by atoms with Gasteiger partial charge in [0.25, 0.3) is 0 Å². The standard InChI is InChI=1S/C9H13N3O.ClH/c1-2-10-6-9(1)13-7-8-5-11-3-4-12-8;/h3-5,9-10H,1-2,6-7H2;1H/t9-;/m0./s1. The molecule has 0 aliphatic carbocycles. The van der Waals surface area contributed by atoms with E-state index in [1.807, 2.05) is 0 Å². The topological polar surface area (TPSA) is 47.0 Å². The molecule has 0 bridgehead atoms. The molecule has 0 amide bonds. The lowest BCUT2D eigenvalue weighted by molar-refractivity contribution is 0.0520. The molecule has 1 atom stereocenters. The van der Waals surface area contributed by atoms with Gasteiger partial charge in [-0.15, -0.1) is 12.4 Å². The Hall–Kier alpha value is -0.710. The Labute approximate surface area is 89.5 Å². The Morgan fingerprint density at radius 1 is 1.50 bits per heavy atom. The van der Waals surface area contributed by atoms with E-state index < -0.39 is 0 Å². The lowest BCUT2D eigenvalue weighted by atomic mass is 10.3. The Morgan fingerprint density at radius 3 is 3.07 bits per heavy atom. The van der Waals surface area contributed by atoms with E-state index in [-0.39, 0.29) is 12.4 Å². The fourth-order valence-corrected chi connectivity index (χ4v) is 1.38. The summed E-state index contributed by atoms with van der Waals surface area (Å²) in [6.45, 7) is 2.59. The van der Waals surface area contributed by atoms with E-state index in [1.54, 1.807) is 18.6 Å². The molecule has 0 radical (unpaired) electrons. The average molecular weight is 216 g/mol. The predicted molar refractivity (Wildman–Crippen MR) is 55.3 cm³/mol. The summed E-state index contributed by atoms with van der Waals surface area (Å²) < 4.78 is 5.62. The van der Waals surface area contributed by atoms with E-state index in [0.717, 1.165) is 25.2 Å². The van der Waals surface area contributed by atoms with Crippen molar-refractivity contribution in [3.8, 4) is 0 Å². The molecule has 2 rings (SSSR count). The zero-order chi connectivity index (χ0) is 8.93. The second-order valence-electron chi connectivity index (χ2n) is 3.12. The van der Waals surface area contributed by atoms with Crippen LogP contribution in [-0.4, -0.2) is 29.2 Å². The van der Waals surface area contributed by atoms with Gasteiger partial charge in [-0.1, -0.05) is 0 Å². The maximum absolute atomic E-state index is 5.62. The minimum atomic E-state index is 0. The van der Waals surface area contributed by atoms with Gasteiger partial charge in [-0.3, -0.25) is 9.97 Å². The predicted octanol–water partition coefficient (Wildman–Crippen LogP) is 0.777. The highest BCUT2D eigenvalue weighted by atomic mass is 35.5. The lowest BCUT2D eigenvalue weighted by Gasteiger charge is -2.08. The number of hydrogen-bond acceptors (Lipinski definition) is 4. The van der Waals surface area contributed by atoms with Crippen LogP contribution in [0.4, 0.5) is 0 Å². The smallest absolute Gasteiger partial charge is 0.0907 e. The number of aromatic nitrogens is 2. The fourth-order valence-electron chi connectivity index (χ4n) is 1.38. The molecule has 1 aliphatic rings. The molecule has 0 aromatic carbocycles. The van der Waals surface area contributed by atoms with E-state index in [2.05, 4.69) is 15.3 Å². The van der Waals surface area contributed by atoms with Crippen molar-refractivity contribution in [3.63, 3.8) is 0 Å². The molecule has 1 aromatic heterocycles. The third-order valence-corrected chi connectivity index (χ3v) is 2.10. The molecule has 4 nitrogen and oxygen atoms in total. The van der Waals surface area contributed by atoms with Crippen LogP contribution in [0.25, 0.3) is 0 Å². The molecule has 1 fully saturated rings. The normalized spacial score (nSPS) is 20.4. The summed E-state index contributed by atoms with van der Waals surface area (Å²) >= 11 is 0. The molecule has 1 saturated heterocycles. The first-order valence-electron chi connectivity index (χ1n) is 4.52. The molecule has 0 unspecified atom stereocenters. The van der Waals surface area contributed by atoms with Gasteiger partial charge in [0.15, 0.2) is 0 Å². The summed E-state index contributed by atoms with van der Waals surface area (Å²) in [4.78, 5) is 8.10. The van der Waals surface area contributed by atoms with Crippen molar-refractivity contribution in [1.82, 2.24) is 15.3 Å². The van der Waals surface area contributed by atoms with Crippen molar-refractivity contribution in [2.75, 3.05) is 13.1 Å². The molecule has 0 saturated carbocycles. The van der Waals surface area contributed by atoms with Crippen LogP contribution >= 0.6 is 12.4 Å². The Morgan fingerprint density at radius 2 is 2.43 bits per heavy atom. The summed E-state index contributed by atoms with van der Waals surface area (Å²) in [5, 5.41) is 3.25. The van der Waals surface area contributed by atoms with Crippen molar-refractivity contribution in [1.29, 1.82) is 0 Å². The first-order valence-corrected chi connectivity index (χ1v) is 4.52. The van der Waals surface area contributed by atoms with E-state index in [4.69, 9.17) is 4.74 Å². The van der Waals surface area contributed by atoms with Crippen LogP contribution in [0, 0.1) is 0 Å². The largest absolute Gasteiger partial charge is 0.370 e. The Kier molecular flexibility index (Phi) is 4.79. The van der Waals surface area contributed by atoms with Crippen molar-refractivity contribution < 1.29 is 4.74 Å². The van der Waals surface area contributed by atoms with Gasteiger partial charge in [-0.2, -0.15) is 0 Å². The summed E-state index contributed by atoms with van der Waals surface area (Å²) in [7, 11) is 0. The second-order valence-corrected chi connectivity index (χ2v) is 3.12. The molecule has 1 aliphatic heterocycles. The second kappa shape index (κ2) is 5.90. The van der Waals surface area contributed by atoms with Crippen molar-refractivity contribution >= 4 is 12.4 Å². The highest BCUT2D eigenvalue weighted by Crippen LogP contribution is 2.05. The number of nitrogens with one attached hydrogen (secondary N) is 1. The van der Waals surface area contributed by atoms with E-state index >= 15 is 0 Å². The first kappa shape index (κ1) is 11.4. The van der Waals surface area contributed by atoms with Crippen molar-refractivity contribution in [3.05, 3.63) is 24.3 Å². The summed E-state index contributed by atoms with van der Waals surface area (Å²) in [6, 6.07) is 0. The van der Waals surface area contributed by atoms with Crippen LogP contribution in [0.3, 0.4) is 0 Å². The van der Waals surface area contributed by atoms with Crippen LogP contribution < -0.4 is 5.32 Å². The van der Waals surface area contributed by atoms with Crippen LogP contribution in [0.15, 0.2) is 18.6 Å². The lowest BCUT2D eigenvalue weighted by Crippen LogP contribution is -2.16. The number of halogens is 1. The average Bonchev–Trinajstić information content (AvgIpc) is 2.69. The molecule has 0 spiro atoms. The maximum Gasteiger partial charge on any atom is 0.0907 e. The third kappa shape index (κ3) is 3.21. The minimum Gasteiger partial charge on any atom is -0.370 e. The number of hydrogen-bond donors (Lipinski definition) is 1.